The van der Waals surface area contributed by atoms with E-state index < -0.39 is 0 Å². The van der Waals surface area contributed by atoms with Crippen LogP contribution in [-0.4, -0.2) is 23.4 Å². The summed E-state index contributed by atoms with van der Waals surface area (Å²) in [4.78, 5) is 0. The van der Waals surface area contributed by atoms with Crippen LogP contribution in [0, 0.1) is 22.7 Å². The van der Waals surface area contributed by atoms with E-state index in [-0.39, 0.29) is 24.0 Å². The Morgan fingerprint density at radius 1 is 0.558 bits per heavy atom. The molecule has 2 aliphatic carbocycles. The standard InChI is InChI=1S/C50H72O2/c1-37(2)23-29-45-30-26-42(7)47(49(45,9)10)33-24-40(5)21-15-19-38(3)17-13-14-18-39(4)20-16-22-41(6)25-34-48-43(8)27-31-46(50(48,11)12)32-28-44(35-51)36-52/h13-25,28,33-34,45-46,51-52H,26-27,29-32,35-36H2,1-12H3. The van der Waals surface area contributed by atoms with Crippen molar-refractivity contribution in [2.24, 2.45) is 22.7 Å². The molecule has 0 aliphatic heterocycles. The molecule has 0 fully saturated rings. The highest BCUT2D eigenvalue weighted by atomic mass is 16.3. The number of hydrogen-bond donors (Lipinski definition) is 2. The summed E-state index contributed by atoms with van der Waals surface area (Å²) in [6, 6.07) is 0. The molecule has 52 heavy (non-hydrogen) atoms. The molecule has 2 nitrogen and oxygen atoms in total. The van der Waals surface area contributed by atoms with Crippen LogP contribution in [0.3, 0.4) is 0 Å². The van der Waals surface area contributed by atoms with Gasteiger partial charge in [-0.15, -0.1) is 0 Å². The number of aliphatic hydroxyl groups is 2. The lowest BCUT2D eigenvalue weighted by Gasteiger charge is -2.41. The molecular formula is C50H72O2. The lowest BCUT2D eigenvalue weighted by atomic mass is 9.64. The Hall–Kier alpha value is -3.46. The molecular weight excluding hydrogens is 633 g/mol. The molecule has 0 saturated heterocycles. The fourth-order valence-corrected chi connectivity index (χ4v) is 7.49. The summed E-state index contributed by atoms with van der Waals surface area (Å²) in [7, 11) is 0. The molecule has 2 aliphatic rings. The van der Waals surface area contributed by atoms with Gasteiger partial charge in [0.2, 0.25) is 0 Å². The van der Waals surface area contributed by atoms with Gasteiger partial charge in [0.15, 0.2) is 0 Å². The highest BCUT2D eigenvalue weighted by Gasteiger charge is 2.36. The van der Waals surface area contributed by atoms with Crippen LogP contribution < -0.4 is 0 Å². The van der Waals surface area contributed by atoms with Gasteiger partial charge in [-0.25, -0.2) is 0 Å². The third-order valence-corrected chi connectivity index (χ3v) is 11.3. The van der Waals surface area contributed by atoms with E-state index in [0.29, 0.717) is 17.4 Å². The molecule has 0 aromatic rings. The highest BCUT2D eigenvalue weighted by Crippen LogP contribution is 2.48. The molecule has 0 aromatic carbocycles. The maximum absolute atomic E-state index is 9.44. The van der Waals surface area contributed by atoms with Gasteiger partial charge in [-0.2, -0.15) is 0 Å². The fourth-order valence-electron chi connectivity index (χ4n) is 7.49. The van der Waals surface area contributed by atoms with E-state index in [1.54, 1.807) is 0 Å². The van der Waals surface area contributed by atoms with Gasteiger partial charge in [0, 0.05) is 0 Å². The van der Waals surface area contributed by atoms with Gasteiger partial charge in [-0.1, -0.05) is 164 Å². The zero-order chi connectivity index (χ0) is 38.9. The van der Waals surface area contributed by atoms with E-state index >= 15 is 0 Å². The van der Waals surface area contributed by atoms with Crippen LogP contribution in [0.1, 0.15) is 122 Å². The molecule has 2 atom stereocenters. The molecule has 2 unspecified atom stereocenters. The maximum Gasteiger partial charge on any atom is 0.0663 e. The van der Waals surface area contributed by atoms with Gasteiger partial charge in [-0.3, -0.25) is 0 Å². The minimum absolute atomic E-state index is 0.0297. The second-order valence-electron chi connectivity index (χ2n) is 16.6. The zero-order valence-corrected chi connectivity index (χ0v) is 34.9. The first kappa shape index (κ1) is 44.7. The van der Waals surface area contributed by atoms with Crippen molar-refractivity contribution in [3.8, 4) is 0 Å². The number of aliphatic hydroxyl groups excluding tert-OH is 2. The minimum atomic E-state index is -0.0748. The summed E-state index contributed by atoms with van der Waals surface area (Å²) in [5, 5.41) is 18.9. The van der Waals surface area contributed by atoms with Crippen molar-refractivity contribution in [1.29, 1.82) is 0 Å². The van der Waals surface area contributed by atoms with E-state index in [1.165, 1.54) is 69.4 Å². The number of rotatable bonds is 16. The molecule has 2 rings (SSSR count). The first-order chi connectivity index (χ1) is 24.5. The second-order valence-corrected chi connectivity index (χ2v) is 16.6. The van der Waals surface area contributed by atoms with Crippen molar-refractivity contribution in [1.82, 2.24) is 0 Å². The zero-order valence-electron chi connectivity index (χ0n) is 34.9. The third kappa shape index (κ3) is 14.5. The van der Waals surface area contributed by atoms with Gasteiger partial charge in [-0.05, 0) is 133 Å². The molecule has 2 N–H and O–H groups in total. The van der Waals surface area contributed by atoms with Gasteiger partial charge in [0.05, 0.1) is 13.2 Å². The van der Waals surface area contributed by atoms with Gasteiger partial charge in [0.1, 0.15) is 0 Å². The van der Waals surface area contributed by atoms with Crippen LogP contribution in [0.25, 0.3) is 0 Å². The van der Waals surface area contributed by atoms with E-state index in [1.807, 2.05) is 6.08 Å². The summed E-state index contributed by atoms with van der Waals surface area (Å²) in [5.41, 5.74) is 13.1. The van der Waals surface area contributed by atoms with Crippen LogP contribution >= 0.6 is 0 Å². The predicted octanol–water partition coefficient (Wildman–Crippen LogP) is 13.7. The van der Waals surface area contributed by atoms with E-state index in [9.17, 15) is 10.2 Å². The molecule has 0 radical (unpaired) electrons. The van der Waals surface area contributed by atoms with Crippen molar-refractivity contribution in [3.05, 3.63) is 153 Å². The van der Waals surface area contributed by atoms with Crippen molar-refractivity contribution in [2.45, 2.75) is 122 Å². The monoisotopic (exact) mass is 705 g/mol. The molecule has 0 aromatic heterocycles. The smallest absolute Gasteiger partial charge is 0.0663 e. The number of allylic oxidation sites excluding steroid dienone is 25. The number of hydrogen-bond acceptors (Lipinski definition) is 2. The second kappa shape index (κ2) is 21.9. The Morgan fingerprint density at radius 2 is 0.923 bits per heavy atom. The molecule has 284 valence electrons. The Labute approximate surface area is 319 Å². The molecule has 0 heterocycles. The fraction of sp³-hybridized carbons (Fsp3) is 0.480. The van der Waals surface area contributed by atoms with Crippen LogP contribution in [-0.2, 0) is 0 Å². The Balaban J connectivity index is 1.96. The summed E-state index contributed by atoms with van der Waals surface area (Å²) < 4.78 is 0. The van der Waals surface area contributed by atoms with Gasteiger partial charge in [0.25, 0.3) is 0 Å². The average molecular weight is 705 g/mol. The van der Waals surface area contributed by atoms with Crippen molar-refractivity contribution >= 4 is 0 Å². The van der Waals surface area contributed by atoms with E-state index in [0.717, 1.165) is 19.3 Å². The molecule has 0 amide bonds. The lowest BCUT2D eigenvalue weighted by molar-refractivity contribution is 0.233. The van der Waals surface area contributed by atoms with Crippen LogP contribution in [0.2, 0.25) is 0 Å². The van der Waals surface area contributed by atoms with Crippen LogP contribution in [0.5, 0.6) is 0 Å². The van der Waals surface area contributed by atoms with Gasteiger partial charge < -0.3 is 10.2 Å². The van der Waals surface area contributed by atoms with Crippen molar-refractivity contribution in [2.75, 3.05) is 13.2 Å². The minimum Gasteiger partial charge on any atom is -0.392 e. The average Bonchev–Trinajstić information content (AvgIpc) is 3.07. The molecule has 2 heteroatoms. The quantitative estimate of drug-likeness (QED) is 0.124. The van der Waals surface area contributed by atoms with E-state index in [4.69, 9.17) is 0 Å². The first-order valence-corrected chi connectivity index (χ1v) is 19.5. The molecule has 0 saturated carbocycles. The topological polar surface area (TPSA) is 40.5 Å². The van der Waals surface area contributed by atoms with Crippen LogP contribution in [0.4, 0.5) is 0 Å². The molecule has 0 spiro atoms. The lowest BCUT2D eigenvalue weighted by Crippen LogP contribution is -2.30. The van der Waals surface area contributed by atoms with Crippen molar-refractivity contribution < 1.29 is 10.2 Å². The first-order valence-electron chi connectivity index (χ1n) is 19.5. The molecule has 0 bridgehead atoms. The van der Waals surface area contributed by atoms with Crippen molar-refractivity contribution in [3.63, 3.8) is 0 Å². The van der Waals surface area contributed by atoms with Crippen LogP contribution in [0.15, 0.2) is 153 Å². The largest absolute Gasteiger partial charge is 0.392 e. The highest BCUT2D eigenvalue weighted by molar-refractivity contribution is 5.40. The Bertz CT molecular complexity index is 1600. The summed E-state index contributed by atoms with van der Waals surface area (Å²) in [5.74, 6) is 1.16. The summed E-state index contributed by atoms with van der Waals surface area (Å²) >= 11 is 0. The Morgan fingerprint density at radius 3 is 1.31 bits per heavy atom. The SMILES string of the molecule is CC(C)=CCC1CCC(C)=C(C=CC(C)=CC=CC(C)=CC=CC=C(C)C=CC=C(C)C=CC2=C(C)CCC(CC=C(CO)CO)C2(C)C)C1(C)C. The Kier molecular flexibility index (Phi) is 18.8. The third-order valence-electron chi connectivity index (χ3n) is 11.3. The normalized spacial score (nSPS) is 22.3. The van der Waals surface area contributed by atoms with E-state index in [2.05, 4.69) is 174 Å². The van der Waals surface area contributed by atoms with Gasteiger partial charge >= 0.3 is 0 Å². The predicted molar refractivity (Wildman–Crippen MR) is 230 cm³/mol. The maximum atomic E-state index is 9.44. The summed E-state index contributed by atoms with van der Waals surface area (Å²) in [6.07, 6.45) is 41.8. The summed E-state index contributed by atoms with van der Waals surface area (Å²) in [6.45, 7) is 26.9.